The summed E-state index contributed by atoms with van der Waals surface area (Å²) in [6, 6.07) is 5.55. The van der Waals surface area contributed by atoms with E-state index in [4.69, 9.17) is 10.1 Å². The first-order valence-corrected chi connectivity index (χ1v) is 9.69. The second kappa shape index (κ2) is 7.87. The van der Waals surface area contributed by atoms with E-state index in [0.717, 1.165) is 10.6 Å². The third-order valence-corrected chi connectivity index (χ3v) is 5.14. The van der Waals surface area contributed by atoms with Crippen molar-refractivity contribution in [3.63, 3.8) is 0 Å². The molecule has 27 heavy (non-hydrogen) atoms. The van der Waals surface area contributed by atoms with Crippen LogP contribution in [-0.4, -0.2) is 37.8 Å². The van der Waals surface area contributed by atoms with Crippen LogP contribution in [0.5, 0.6) is 0 Å². The van der Waals surface area contributed by atoms with Gasteiger partial charge in [-0.3, -0.25) is 9.59 Å². The molecule has 3 rings (SSSR count). The molecule has 1 amide bonds. The predicted molar refractivity (Wildman–Crippen MR) is 105 cm³/mol. The largest absolute Gasteiger partial charge is 0.481 e. The van der Waals surface area contributed by atoms with Crippen molar-refractivity contribution in [2.45, 2.75) is 45.7 Å². The van der Waals surface area contributed by atoms with Crippen LogP contribution in [0.4, 0.5) is 0 Å². The summed E-state index contributed by atoms with van der Waals surface area (Å²) in [5.41, 5.74) is 1.89. The van der Waals surface area contributed by atoms with E-state index in [0.29, 0.717) is 23.0 Å². The van der Waals surface area contributed by atoms with E-state index in [-0.39, 0.29) is 24.4 Å². The SMILES string of the molecule is CC(CCC(=O)O)NC(=O)c1cc(-c2cccs2)nc2c1cnn2C(C)C. The monoisotopic (exact) mass is 386 g/mol. The van der Waals surface area contributed by atoms with Gasteiger partial charge in [-0.2, -0.15) is 5.10 Å². The third kappa shape index (κ3) is 4.16. The van der Waals surface area contributed by atoms with Crippen LogP contribution >= 0.6 is 11.3 Å². The summed E-state index contributed by atoms with van der Waals surface area (Å²) in [5.74, 6) is -1.12. The number of carbonyl (C=O) groups excluding carboxylic acids is 1. The number of carboxylic acids is 1. The molecule has 0 saturated heterocycles. The number of hydrogen-bond acceptors (Lipinski definition) is 5. The van der Waals surface area contributed by atoms with Gasteiger partial charge >= 0.3 is 5.97 Å². The Morgan fingerprint density at radius 1 is 1.33 bits per heavy atom. The first-order valence-electron chi connectivity index (χ1n) is 8.81. The number of fused-ring (bicyclic) bond motifs is 1. The maximum Gasteiger partial charge on any atom is 0.303 e. The molecule has 1 atom stereocenters. The smallest absolute Gasteiger partial charge is 0.303 e. The van der Waals surface area contributed by atoms with E-state index in [1.807, 2.05) is 31.4 Å². The lowest BCUT2D eigenvalue weighted by Crippen LogP contribution is -2.33. The fourth-order valence-electron chi connectivity index (χ4n) is 2.85. The van der Waals surface area contributed by atoms with Crippen LogP contribution in [0.25, 0.3) is 21.6 Å². The van der Waals surface area contributed by atoms with Crippen molar-refractivity contribution in [2.75, 3.05) is 0 Å². The van der Waals surface area contributed by atoms with Gasteiger partial charge < -0.3 is 10.4 Å². The van der Waals surface area contributed by atoms with Crippen LogP contribution in [0.15, 0.2) is 29.8 Å². The molecule has 0 bridgehead atoms. The van der Waals surface area contributed by atoms with E-state index in [2.05, 4.69) is 10.4 Å². The maximum absolute atomic E-state index is 12.9. The van der Waals surface area contributed by atoms with Gasteiger partial charge in [-0.25, -0.2) is 9.67 Å². The number of nitrogens with one attached hydrogen (secondary N) is 1. The lowest BCUT2D eigenvalue weighted by atomic mass is 10.1. The minimum absolute atomic E-state index is 0.0128. The number of amides is 1. The minimum atomic E-state index is -0.874. The Bertz CT molecular complexity index is 963. The highest BCUT2D eigenvalue weighted by molar-refractivity contribution is 7.13. The second-order valence-electron chi connectivity index (χ2n) is 6.76. The lowest BCUT2D eigenvalue weighted by molar-refractivity contribution is -0.137. The lowest BCUT2D eigenvalue weighted by Gasteiger charge is -2.14. The molecular formula is C19H22N4O3S. The summed E-state index contributed by atoms with van der Waals surface area (Å²) in [6.07, 6.45) is 2.05. The molecular weight excluding hydrogens is 364 g/mol. The summed E-state index contributed by atoms with van der Waals surface area (Å²) < 4.78 is 1.80. The minimum Gasteiger partial charge on any atom is -0.481 e. The number of nitrogens with zero attached hydrogens (tertiary/aromatic N) is 3. The van der Waals surface area contributed by atoms with Crippen LogP contribution in [0.1, 0.15) is 50.0 Å². The van der Waals surface area contributed by atoms with Crippen molar-refractivity contribution < 1.29 is 14.7 Å². The molecule has 142 valence electrons. The van der Waals surface area contributed by atoms with Crippen LogP contribution in [0.2, 0.25) is 0 Å². The molecule has 3 aromatic rings. The van der Waals surface area contributed by atoms with Gasteiger partial charge in [0, 0.05) is 18.5 Å². The fraction of sp³-hybridized carbons (Fsp3) is 0.368. The third-order valence-electron chi connectivity index (χ3n) is 4.24. The van der Waals surface area contributed by atoms with Gasteiger partial charge in [0.1, 0.15) is 0 Å². The Balaban J connectivity index is 2.00. The number of aromatic nitrogens is 3. The van der Waals surface area contributed by atoms with Gasteiger partial charge in [-0.1, -0.05) is 6.07 Å². The molecule has 2 N–H and O–H groups in total. The molecule has 0 aromatic carbocycles. The van der Waals surface area contributed by atoms with E-state index >= 15 is 0 Å². The quantitative estimate of drug-likeness (QED) is 0.645. The molecule has 3 aromatic heterocycles. The van der Waals surface area contributed by atoms with Crippen molar-refractivity contribution in [1.82, 2.24) is 20.1 Å². The van der Waals surface area contributed by atoms with E-state index in [1.54, 1.807) is 35.2 Å². The van der Waals surface area contributed by atoms with E-state index < -0.39 is 5.97 Å². The van der Waals surface area contributed by atoms with Gasteiger partial charge in [0.15, 0.2) is 5.65 Å². The average molecular weight is 386 g/mol. The second-order valence-corrected chi connectivity index (χ2v) is 7.71. The average Bonchev–Trinajstić information content (AvgIpc) is 3.28. The molecule has 0 radical (unpaired) electrons. The molecule has 3 heterocycles. The summed E-state index contributed by atoms with van der Waals surface area (Å²) >= 11 is 1.56. The number of thiophene rings is 1. The van der Waals surface area contributed by atoms with Crippen molar-refractivity contribution in [3.8, 4) is 10.6 Å². The van der Waals surface area contributed by atoms with Crippen molar-refractivity contribution in [2.24, 2.45) is 0 Å². The topological polar surface area (TPSA) is 97.1 Å². The van der Waals surface area contributed by atoms with Crippen LogP contribution < -0.4 is 5.32 Å². The molecule has 1 unspecified atom stereocenters. The Kier molecular flexibility index (Phi) is 5.55. The van der Waals surface area contributed by atoms with Crippen molar-refractivity contribution in [1.29, 1.82) is 0 Å². The van der Waals surface area contributed by atoms with E-state index in [9.17, 15) is 9.59 Å². The zero-order valence-corrected chi connectivity index (χ0v) is 16.3. The molecule has 0 aliphatic carbocycles. The van der Waals surface area contributed by atoms with Crippen LogP contribution in [0, 0.1) is 0 Å². The van der Waals surface area contributed by atoms with Crippen LogP contribution in [-0.2, 0) is 4.79 Å². The number of carboxylic acid groups (broad SMARTS) is 1. The fourth-order valence-corrected chi connectivity index (χ4v) is 3.53. The zero-order chi connectivity index (χ0) is 19.6. The molecule has 0 saturated carbocycles. The zero-order valence-electron chi connectivity index (χ0n) is 15.5. The Morgan fingerprint density at radius 3 is 2.74 bits per heavy atom. The molecule has 0 aliphatic heterocycles. The highest BCUT2D eigenvalue weighted by atomic mass is 32.1. The predicted octanol–water partition coefficient (Wildman–Crippen LogP) is 3.72. The van der Waals surface area contributed by atoms with Gasteiger partial charge in [0.25, 0.3) is 5.91 Å². The van der Waals surface area contributed by atoms with Gasteiger partial charge in [-0.05, 0) is 44.7 Å². The number of hydrogen-bond donors (Lipinski definition) is 2. The van der Waals surface area contributed by atoms with Crippen LogP contribution in [0.3, 0.4) is 0 Å². The van der Waals surface area contributed by atoms with Gasteiger partial charge in [0.05, 0.1) is 27.7 Å². The molecule has 0 spiro atoms. The maximum atomic E-state index is 12.9. The van der Waals surface area contributed by atoms with Crippen molar-refractivity contribution in [3.05, 3.63) is 35.3 Å². The van der Waals surface area contributed by atoms with E-state index in [1.165, 1.54) is 0 Å². The first-order chi connectivity index (χ1) is 12.9. The number of carbonyl (C=O) groups is 2. The summed E-state index contributed by atoms with van der Waals surface area (Å²) in [7, 11) is 0. The molecule has 0 aliphatic rings. The van der Waals surface area contributed by atoms with Crippen molar-refractivity contribution >= 4 is 34.2 Å². The van der Waals surface area contributed by atoms with Gasteiger partial charge in [0.2, 0.25) is 0 Å². The molecule has 7 nitrogen and oxygen atoms in total. The highest BCUT2D eigenvalue weighted by Crippen LogP contribution is 2.29. The molecule has 8 heteroatoms. The molecule has 0 fully saturated rings. The number of aliphatic carboxylic acids is 1. The number of pyridine rings is 1. The highest BCUT2D eigenvalue weighted by Gasteiger charge is 2.20. The van der Waals surface area contributed by atoms with Gasteiger partial charge in [-0.15, -0.1) is 11.3 Å². The summed E-state index contributed by atoms with van der Waals surface area (Å²) in [6.45, 7) is 5.83. The Labute approximate surface area is 161 Å². The normalized spacial score (nSPS) is 12.4. The summed E-state index contributed by atoms with van der Waals surface area (Å²) in [5, 5.41) is 18.8. The first kappa shape index (κ1) is 19.0. The summed E-state index contributed by atoms with van der Waals surface area (Å²) in [4.78, 5) is 29.3. The Hall–Kier alpha value is -2.74. The number of rotatable bonds is 7. The standard InChI is InChI=1S/C19H22N4O3S/c1-11(2)23-18-14(10-20-23)13(9-15(22-18)16-5-4-8-27-16)19(26)21-12(3)6-7-17(24)25/h4-5,8-12H,6-7H2,1-3H3,(H,21,26)(H,24,25). The Morgan fingerprint density at radius 2 is 2.11 bits per heavy atom.